The molecule has 0 unspecified atom stereocenters. The molecule has 0 spiro atoms. The Balaban J connectivity index is 2.70. The monoisotopic (exact) mass is 216 g/mol. The largest absolute Gasteiger partial charge is 0.487 e. The van der Waals surface area contributed by atoms with Crippen molar-refractivity contribution in [3.8, 4) is 5.75 Å². The average Bonchev–Trinajstić information content (AvgIpc) is 2.14. The topological polar surface area (TPSA) is 46.5 Å². The fourth-order valence-electron chi connectivity index (χ4n) is 0.929. The van der Waals surface area contributed by atoms with Crippen molar-refractivity contribution >= 4 is 5.97 Å². The van der Waals surface area contributed by atoms with Gasteiger partial charge in [-0.15, -0.1) is 0 Å². The first kappa shape index (κ1) is 11.4. The van der Waals surface area contributed by atoms with Gasteiger partial charge in [0, 0.05) is 6.92 Å². The summed E-state index contributed by atoms with van der Waals surface area (Å²) < 4.78 is 29.6. The molecule has 0 aromatic heterocycles. The van der Waals surface area contributed by atoms with Crippen molar-refractivity contribution in [3.63, 3.8) is 0 Å². The van der Waals surface area contributed by atoms with Crippen LogP contribution in [-0.2, 0) is 0 Å². The van der Waals surface area contributed by atoms with Crippen molar-refractivity contribution in [2.45, 2.75) is 12.8 Å². The molecule has 0 aliphatic carbocycles. The normalized spacial score (nSPS) is 11.1. The van der Waals surface area contributed by atoms with Crippen LogP contribution in [-0.4, -0.2) is 23.6 Å². The minimum Gasteiger partial charge on any atom is -0.487 e. The number of alkyl halides is 2. The highest BCUT2D eigenvalue weighted by Gasteiger charge is 2.22. The Morgan fingerprint density at radius 3 is 2.73 bits per heavy atom. The summed E-state index contributed by atoms with van der Waals surface area (Å²) in [5.74, 6) is -3.93. The standard InChI is InChI=1S/C10H10F2O3/c1-10(11,12)6-15-8-4-2-3-7(5-8)9(13)14/h2-5H,6H2,1H3,(H,13,14). The molecule has 0 heterocycles. The van der Waals surface area contributed by atoms with Crippen LogP contribution in [0, 0.1) is 0 Å². The van der Waals surface area contributed by atoms with Crippen molar-refractivity contribution < 1.29 is 23.4 Å². The Bertz CT molecular complexity index is 358. The molecule has 0 bridgehead atoms. The van der Waals surface area contributed by atoms with Gasteiger partial charge in [-0.1, -0.05) is 6.07 Å². The lowest BCUT2D eigenvalue weighted by Gasteiger charge is -2.11. The molecule has 0 saturated carbocycles. The highest BCUT2D eigenvalue weighted by atomic mass is 19.3. The second-order valence-electron chi connectivity index (χ2n) is 3.19. The summed E-state index contributed by atoms with van der Waals surface area (Å²) in [5.41, 5.74) is 0.00641. The molecule has 3 nitrogen and oxygen atoms in total. The molecule has 1 aromatic carbocycles. The lowest BCUT2D eigenvalue weighted by molar-refractivity contribution is -0.0229. The Morgan fingerprint density at radius 2 is 2.20 bits per heavy atom. The Labute approximate surface area is 85.3 Å². The molecule has 15 heavy (non-hydrogen) atoms. The Kier molecular flexibility index (Phi) is 3.24. The predicted octanol–water partition coefficient (Wildman–Crippen LogP) is 2.42. The summed E-state index contributed by atoms with van der Waals surface area (Å²) in [6, 6.07) is 5.43. The molecule has 0 aliphatic rings. The first-order chi connectivity index (χ1) is 6.88. The van der Waals surface area contributed by atoms with Crippen molar-refractivity contribution in [1.29, 1.82) is 0 Å². The quantitative estimate of drug-likeness (QED) is 0.840. The molecule has 1 aromatic rings. The number of aromatic carboxylic acids is 1. The van der Waals surface area contributed by atoms with Crippen molar-refractivity contribution in [1.82, 2.24) is 0 Å². The first-order valence-electron chi connectivity index (χ1n) is 4.22. The van der Waals surface area contributed by atoms with E-state index in [4.69, 9.17) is 9.84 Å². The molecule has 0 fully saturated rings. The SMILES string of the molecule is CC(F)(F)COc1cccc(C(=O)O)c1. The summed E-state index contributed by atoms with van der Waals surface area (Å²) in [4.78, 5) is 10.6. The van der Waals surface area contributed by atoms with Crippen LogP contribution in [0.25, 0.3) is 0 Å². The summed E-state index contributed by atoms with van der Waals surface area (Å²) in [6.45, 7) is -0.0376. The number of ether oxygens (including phenoxy) is 1. The number of carbonyl (C=O) groups is 1. The van der Waals surface area contributed by atoms with Gasteiger partial charge in [-0.05, 0) is 18.2 Å². The number of hydrogen-bond acceptors (Lipinski definition) is 2. The van der Waals surface area contributed by atoms with Gasteiger partial charge in [-0.25, -0.2) is 13.6 Å². The van der Waals surface area contributed by atoms with Gasteiger partial charge in [-0.2, -0.15) is 0 Å². The molecule has 82 valence electrons. The third-order valence-corrected chi connectivity index (χ3v) is 1.57. The number of benzene rings is 1. The van der Waals surface area contributed by atoms with Crippen LogP contribution in [0.2, 0.25) is 0 Å². The Hall–Kier alpha value is -1.65. The zero-order valence-electron chi connectivity index (χ0n) is 8.04. The summed E-state index contributed by atoms with van der Waals surface area (Å²) >= 11 is 0. The number of rotatable bonds is 4. The van der Waals surface area contributed by atoms with E-state index >= 15 is 0 Å². The molecule has 1 N–H and O–H groups in total. The molecular weight excluding hydrogens is 206 g/mol. The van der Waals surface area contributed by atoms with Crippen LogP contribution in [0.4, 0.5) is 8.78 Å². The lowest BCUT2D eigenvalue weighted by Crippen LogP contribution is -2.20. The molecule has 0 amide bonds. The number of hydrogen-bond donors (Lipinski definition) is 1. The molecule has 1 rings (SSSR count). The Morgan fingerprint density at radius 1 is 1.53 bits per heavy atom. The van der Waals surface area contributed by atoms with Gasteiger partial charge in [0.15, 0.2) is 6.61 Å². The first-order valence-corrected chi connectivity index (χ1v) is 4.22. The van der Waals surface area contributed by atoms with Crippen LogP contribution in [0.5, 0.6) is 5.75 Å². The number of carboxylic acid groups (broad SMARTS) is 1. The molecule has 0 atom stereocenters. The second-order valence-corrected chi connectivity index (χ2v) is 3.19. The van der Waals surface area contributed by atoms with E-state index in [2.05, 4.69) is 0 Å². The molecule has 0 saturated heterocycles. The fourth-order valence-corrected chi connectivity index (χ4v) is 0.929. The van der Waals surface area contributed by atoms with Gasteiger partial charge in [0.25, 0.3) is 5.92 Å². The number of halogens is 2. The van der Waals surface area contributed by atoms with Crippen molar-refractivity contribution in [2.75, 3.05) is 6.61 Å². The molecule has 0 radical (unpaired) electrons. The maximum Gasteiger partial charge on any atom is 0.335 e. The van der Waals surface area contributed by atoms with Crippen molar-refractivity contribution in [2.24, 2.45) is 0 Å². The van der Waals surface area contributed by atoms with E-state index in [-0.39, 0.29) is 11.3 Å². The van der Waals surface area contributed by atoms with E-state index < -0.39 is 18.5 Å². The maximum atomic E-state index is 12.4. The van der Waals surface area contributed by atoms with E-state index in [1.54, 1.807) is 0 Å². The molecule has 5 heteroatoms. The van der Waals surface area contributed by atoms with Crippen LogP contribution in [0.3, 0.4) is 0 Å². The van der Waals surface area contributed by atoms with Crippen LogP contribution in [0.15, 0.2) is 24.3 Å². The highest BCUT2D eigenvalue weighted by molar-refractivity contribution is 5.87. The van der Waals surface area contributed by atoms with Gasteiger partial charge >= 0.3 is 5.97 Å². The third-order valence-electron chi connectivity index (χ3n) is 1.57. The average molecular weight is 216 g/mol. The maximum absolute atomic E-state index is 12.4. The van der Waals surface area contributed by atoms with Crippen LogP contribution >= 0.6 is 0 Å². The summed E-state index contributed by atoms with van der Waals surface area (Å²) in [7, 11) is 0. The zero-order chi connectivity index (χ0) is 11.5. The van der Waals surface area contributed by atoms with E-state index in [1.165, 1.54) is 24.3 Å². The zero-order valence-corrected chi connectivity index (χ0v) is 8.04. The van der Waals surface area contributed by atoms with Gasteiger partial charge in [0.05, 0.1) is 5.56 Å². The fraction of sp³-hybridized carbons (Fsp3) is 0.300. The minimum atomic E-state index is -2.93. The lowest BCUT2D eigenvalue weighted by atomic mass is 10.2. The minimum absolute atomic E-state index is 0.00641. The predicted molar refractivity (Wildman–Crippen MR) is 49.5 cm³/mol. The van der Waals surface area contributed by atoms with E-state index in [9.17, 15) is 13.6 Å². The smallest absolute Gasteiger partial charge is 0.335 e. The highest BCUT2D eigenvalue weighted by Crippen LogP contribution is 2.17. The van der Waals surface area contributed by atoms with Gasteiger partial charge in [-0.3, -0.25) is 0 Å². The molecule has 0 aliphatic heterocycles. The van der Waals surface area contributed by atoms with Crippen LogP contribution < -0.4 is 4.74 Å². The van der Waals surface area contributed by atoms with Crippen LogP contribution in [0.1, 0.15) is 17.3 Å². The van der Waals surface area contributed by atoms with Gasteiger partial charge < -0.3 is 9.84 Å². The van der Waals surface area contributed by atoms with Gasteiger partial charge in [0.2, 0.25) is 0 Å². The van der Waals surface area contributed by atoms with E-state index in [1.807, 2.05) is 0 Å². The third kappa shape index (κ3) is 3.93. The van der Waals surface area contributed by atoms with E-state index in [0.29, 0.717) is 0 Å². The summed E-state index contributed by atoms with van der Waals surface area (Å²) in [5, 5.41) is 8.63. The second kappa shape index (κ2) is 4.25. The summed E-state index contributed by atoms with van der Waals surface area (Å²) in [6.07, 6.45) is 0. The molecular formula is C10H10F2O3. The number of carboxylic acids is 1. The van der Waals surface area contributed by atoms with E-state index in [0.717, 1.165) is 6.92 Å². The van der Waals surface area contributed by atoms with Gasteiger partial charge in [0.1, 0.15) is 5.75 Å². The van der Waals surface area contributed by atoms with Crippen molar-refractivity contribution in [3.05, 3.63) is 29.8 Å².